The van der Waals surface area contributed by atoms with Crippen LogP contribution in [0.25, 0.3) is 10.9 Å². The molecule has 0 unspecified atom stereocenters. The summed E-state index contributed by atoms with van der Waals surface area (Å²) in [4.78, 5) is 24.7. The lowest BCUT2D eigenvalue weighted by molar-refractivity contribution is -0.383. The number of fused-ring (bicyclic) bond motifs is 1. The predicted molar refractivity (Wildman–Crippen MR) is 140 cm³/mol. The molecule has 0 amide bonds. The van der Waals surface area contributed by atoms with Gasteiger partial charge in [0.25, 0.3) is 5.69 Å². The Labute approximate surface area is 205 Å². The Kier molecular flexibility index (Phi) is 8.15. The summed E-state index contributed by atoms with van der Waals surface area (Å²) in [5, 5.41) is 18.6. The Bertz CT molecular complexity index is 1130. The number of methoxy groups -OCH3 is 1. The number of nitro benzene ring substituents is 1. The van der Waals surface area contributed by atoms with Gasteiger partial charge in [-0.2, -0.15) is 0 Å². The van der Waals surface area contributed by atoms with Crippen LogP contribution in [0.5, 0.6) is 5.75 Å². The number of hydrogen-bond acceptors (Lipinski definition) is 9. The second-order valence-corrected chi connectivity index (χ2v) is 8.56. The zero-order valence-corrected chi connectivity index (χ0v) is 20.4. The van der Waals surface area contributed by atoms with Crippen LogP contribution in [-0.4, -0.2) is 72.7 Å². The second-order valence-electron chi connectivity index (χ2n) is 8.56. The molecule has 0 bridgehead atoms. The third-order valence-corrected chi connectivity index (χ3v) is 6.32. The maximum atomic E-state index is 11.5. The number of hydrogen-bond donors (Lipinski definition) is 2. The van der Waals surface area contributed by atoms with E-state index in [1.54, 1.807) is 19.2 Å². The molecule has 0 atom stereocenters. The molecule has 2 aromatic carbocycles. The van der Waals surface area contributed by atoms with Crippen LogP contribution in [0.1, 0.15) is 19.8 Å². The average molecular weight is 480 g/mol. The van der Waals surface area contributed by atoms with E-state index in [9.17, 15) is 10.1 Å². The van der Waals surface area contributed by atoms with E-state index in [1.165, 1.54) is 12.0 Å². The monoisotopic (exact) mass is 479 g/mol. The molecule has 10 nitrogen and oxygen atoms in total. The van der Waals surface area contributed by atoms with Crippen LogP contribution in [0.3, 0.4) is 0 Å². The van der Waals surface area contributed by atoms with Crippen LogP contribution in [0, 0.1) is 10.1 Å². The lowest BCUT2D eigenvalue weighted by Crippen LogP contribution is -2.46. The molecular formula is C25H33N7O3. The Balaban J connectivity index is 1.24. The molecule has 1 fully saturated rings. The number of nitrogens with one attached hydrogen (secondary N) is 2. The predicted octanol–water partition coefficient (Wildman–Crippen LogP) is 3.99. The van der Waals surface area contributed by atoms with E-state index in [2.05, 4.69) is 42.5 Å². The number of piperazine rings is 1. The van der Waals surface area contributed by atoms with Crippen molar-refractivity contribution in [2.24, 2.45) is 0 Å². The fourth-order valence-corrected chi connectivity index (χ4v) is 4.41. The van der Waals surface area contributed by atoms with Crippen LogP contribution >= 0.6 is 0 Å². The first-order chi connectivity index (χ1) is 17.1. The minimum absolute atomic E-state index is 0.0333. The number of nitro groups is 1. The van der Waals surface area contributed by atoms with Crippen LogP contribution in [0.2, 0.25) is 0 Å². The number of nitrogens with zero attached hydrogens (tertiary/aromatic N) is 5. The van der Waals surface area contributed by atoms with Crippen molar-refractivity contribution in [1.82, 2.24) is 14.9 Å². The van der Waals surface area contributed by atoms with Gasteiger partial charge in [-0.3, -0.25) is 15.0 Å². The first kappa shape index (κ1) is 24.5. The van der Waals surface area contributed by atoms with E-state index in [0.717, 1.165) is 57.9 Å². The number of aromatic nitrogens is 2. The zero-order valence-electron chi connectivity index (χ0n) is 20.4. The highest BCUT2D eigenvalue weighted by atomic mass is 16.6. The fourth-order valence-electron chi connectivity index (χ4n) is 4.41. The summed E-state index contributed by atoms with van der Waals surface area (Å²) in [6.07, 6.45) is 3.56. The molecule has 2 N–H and O–H groups in total. The van der Waals surface area contributed by atoms with Crippen molar-refractivity contribution in [3.63, 3.8) is 0 Å². The van der Waals surface area contributed by atoms with Crippen molar-refractivity contribution in [1.29, 1.82) is 0 Å². The van der Waals surface area contributed by atoms with E-state index in [0.29, 0.717) is 29.0 Å². The summed E-state index contributed by atoms with van der Waals surface area (Å²) < 4.78 is 5.25. The molecule has 1 saturated heterocycles. The second kappa shape index (κ2) is 11.7. The minimum atomic E-state index is -0.372. The molecular weight excluding hydrogens is 446 g/mol. The Hall–Kier alpha value is -3.66. The molecule has 186 valence electrons. The van der Waals surface area contributed by atoms with Gasteiger partial charge in [0.2, 0.25) is 0 Å². The van der Waals surface area contributed by atoms with Crippen molar-refractivity contribution in [3.8, 4) is 5.75 Å². The summed E-state index contributed by atoms with van der Waals surface area (Å²) >= 11 is 0. The van der Waals surface area contributed by atoms with Gasteiger partial charge in [-0.1, -0.05) is 0 Å². The van der Waals surface area contributed by atoms with Crippen LogP contribution in [0.15, 0.2) is 42.7 Å². The third-order valence-electron chi connectivity index (χ3n) is 6.32. The van der Waals surface area contributed by atoms with E-state index in [1.807, 2.05) is 19.1 Å². The van der Waals surface area contributed by atoms with Crippen molar-refractivity contribution >= 4 is 33.8 Å². The summed E-state index contributed by atoms with van der Waals surface area (Å²) in [6, 6.07) is 11.5. The highest BCUT2D eigenvalue weighted by Crippen LogP contribution is 2.32. The summed E-state index contributed by atoms with van der Waals surface area (Å²) in [5.74, 6) is 1.52. The normalized spacial score (nSPS) is 14.2. The number of benzene rings is 2. The molecule has 10 heteroatoms. The SMILES string of the molecule is CCNc1cc2ncnc(NCCCCN3CCN(c4ccc(OC)cc4)CC3)c2cc1[N+](=O)[O-]. The highest BCUT2D eigenvalue weighted by molar-refractivity contribution is 5.94. The highest BCUT2D eigenvalue weighted by Gasteiger charge is 2.18. The molecule has 1 aliphatic heterocycles. The summed E-state index contributed by atoms with van der Waals surface area (Å²) in [6.45, 7) is 8.44. The van der Waals surface area contributed by atoms with Gasteiger partial charge in [0.15, 0.2) is 0 Å². The topological polar surface area (TPSA) is 109 Å². The van der Waals surface area contributed by atoms with E-state index >= 15 is 0 Å². The zero-order chi connectivity index (χ0) is 24.6. The van der Waals surface area contributed by atoms with Gasteiger partial charge in [-0.15, -0.1) is 0 Å². The summed E-state index contributed by atoms with van der Waals surface area (Å²) in [5.41, 5.74) is 2.43. The Morgan fingerprint density at radius 3 is 2.51 bits per heavy atom. The van der Waals surface area contributed by atoms with Crippen LogP contribution in [0.4, 0.5) is 22.9 Å². The molecule has 0 spiro atoms. The molecule has 1 aliphatic rings. The molecule has 0 aliphatic carbocycles. The van der Waals surface area contributed by atoms with Crippen LogP contribution in [-0.2, 0) is 0 Å². The molecule has 3 aromatic rings. The van der Waals surface area contributed by atoms with E-state index in [4.69, 9.17) is 4.74 Å². The first-order valence-electron chi connectivity index (χ1n) is 12.1. The molecule has 35 heavy (non-hydrogen) atoms. The number of unbranched alkanes of at least 4 members (excludes halogenated alkanes) is 1. The van der Waals surface area contributed by atoms with Crippen molar-refractivity contribution in [2.45, 2.75) is 19.8 Å². The van der Waals surface area contributed by atoms with Crippen molar-refractivity contribution in [2.75, 3.05) is 68.5 Å². The molecule has 0 radical (unpaired) electrons. The Morgan fingerprint density at radius 1 is 1.06 bits per heavy atom. The lowest BCUT2D eigenvalue weighted by Gasteiger charge is -2.36. The Morgan fingerprint density at radius 2 is 1.83 bits per heavy atom. The van der Waals surface area contributed by atoms with Gasteiger partial charge in [0.05, 0.1) is 17.5 Å². The molecule has 2 heterocycles. The summed E-state index contributed by atoms with van der Waals surface area (Å²) in [7, 11) is 1.69. The lowest BCUT2D eigenvalue weighted by atomic mass is 10.1. The van der Waals surface area contributed by atoms with Gasteiger partial charge in [0.1, 0.15) is 23.6 Å². The number of anilines is 3. The van der Waals surface area contributed by atoms with E-state index < -0.39 is 0 Å². The maximum absolute atomic E-state index is 11.5. The minimum Gasteiger partial charge on any atom is -0.497 e. The van der Waals surface area contributed by atoms with Gasteiger partial charge in [-0.25, -0.2) is 9.97 Å². The molecule has 1 aromatic heterocycles. The third kappa shape index (κ3) is 6.07. The molecule has 0 saturated carbocycles. The quantitative estimate of drug-likeness (QED) is 0.240. The molecule has 4 rings (SSSR count). The largest absolute Gasteiger partial charge is 0.497 e. The van der Waals surface area contributed by atoms with E-state index in [-0.39, 0.29) is 10.6 Å². The van der Waals surface area contributed by atoms with Gasteiger partial charge in [-0.05, 0) is 56.6 Å². The maximum Gasteiger partial charge on any atom is 0.293 e. The van der Waals surface area contributed by atoms with Gasteiger partial charge < -0.3 is 20.3 Å². The average Bonchev–Trinajstić information content (AvgIpc) is 2.88. The standard InChI is InChI=1S/C25H33N7O3/c1-3-26-23-17-22-21(16-24(23)32(33)34)25(29-18-28-22)27-10-4-5-11-30-12-14-31(15-13-30)19-6-8-20(35-2)9-7-19/h6-9,16-18,26H,3-5,10-15H2,1-2H3,(H,27,28,29). The van der Waals surface area contributed by atoms with Gasteiger partial charge in [0, 0.05) is 56.4 Å². The fraction of sp³-hybridized carbons (Fsp3) is 0.440. The number of ether oxygens (including phenoxy) is 1. The van der Waals surface area contributed by atoms with Crippen molar-refractivity contribution < 1.29 is 9.66 Å². The van der Waals surface area contributed by atoms with Crippen molar-refractivity contribution in [3.05, 3.63) is 52.8 Å². The first-order valence-corrected chi connectivity index (χ1v) is 12.1. The number of rotatable bonds is 11. The van der Waals surface area contributed by atoms with Crippen LogP contribution < -0.4 is 20.3 Å². The smallest absolute Gasteiger partial charge is 0.293 e. The van der Waals surface area contributed by atoms with Gasteiger partial charge >= 0.3 is 0 Å².